The number of rotatable bonds is 5. The average molecular weight is 314 g/mol. The van der Waals surface area contributed by atoms with Crippen LogP contribution in [0.5, 0.6) is 0 Å². The van der Waals surface area contributed by atoms with Crippen molar-refractivity contribution in [1.29, 1.82) is 0 Å². The van der Waals surface area contributed by atoms with Gasteiger partial charge in [-0.3, -0.25) is 4.79 Å². The number of pyridine rings is 1. The molecule has 0 spiro atoms. The second-order valence-corrected chi connectivity index (χ2v) is 5.80. The molecule has 7 heteroatoms. The normalized spacial score (nSPS) is 20.9. The highest BCUT2D eigenvalue weighted by atomic mass is 16.2. The topological polar surface area (TPSA) is 84.7 Å². The summed E-state index contributed by atoms with van der Waals surface area (Å²) in [5.74, 6) is 0.780. The summed E-state index contributed by atoms with van der Waals surface area (Å²) < 4.78 is 0. The molecule has 0 saturated heterocycles. The monoisotopic (exact) mass is 314 g/mol. The summed E-state index contributed by atoms with van der Waals surface area (Å²) in [6.45, 7) is 2.61. The summed E-state index contributed by atoms with van der Waals surface area (Å²) in [4.78, 5) is 18.0. The van der Waals surface area contributed by atoms with Crippen molar-refractivity contribution in [2.24, 2.45) is 0 Å². The second-order valence-electron chi connectivity index (χ2n) is 5.80. The Kier molecular flexibility index (Phi) is 4.85. The predicted molar refractivity (Wildman–Crippen MR) is 87.1 cm³/mol. The van der Waals surface area contributed by atoms with E-state index in [-0.39, 0.29) is 11.9 Å². The van der Waals surface area contributed by atoms with Crippen molar-refractivity contribution < 1.29 is 4.79 Å². The van der Waals surface area contributed by atoms with E-state index in [4.69, 9.17) is 0 Å². The van der Waals surface area contributed by atoms with Gasteiger partial charge in [0.25, 0.3) is 5.91 Å². The van der Waals surface area contributed by atoms with Crippen LogP contribution in [0.1, 0.15) is 43.1 Å². The number of nitrogens with zero attached hydrogens (tertiary/aromatic N) is 4. The number of hydrogen-bond acceptors (Lipinski definition) is 5. The van der Waals surface area contributed by atoms with Gasteiger partial charge in [-0.25, -0.2) is 4.98 Å². The molecule has 0 unspecified atom stereocenters. The van der Waals surface area contributed by atoms with Gasteiger partial charge in [0.05, 0.1) is 12.7 Å². The highest BCUT2D eigenvalue weighted by molar-refractivity contribution is 5.92. The minimum atomic E-state index is -0.133. The Morgan fingerprint density at radius 1 is 1.26 bits per heavy atom. The van der Waals surface area contributed by atoms with Crippen LogP contribution >= 0.6 is 0 Å². The zero-order valence-electron chi connectivity index (χ0n) is 13.3. The van der Waals surface area contributed by atoms with Crippen LogP contribution in [0.3, 0.4) is 0 Å². The molecule has 2 N–H and O–H groups in total. The molecule has 0 aliphatic heterocycles. The zero-order chi connectivity index (χ0) is 16.1. The van der Waals surface area contributed by atoms with E-state index in [1.54, 1.807) is 6.20 Å². The van der Waals surface area contributed by atoms with Crippen LogP contribution in [-0.2, 0) is 6.54 Å². The first-order valence-electron chi connectivity index (χ1n) is 8.13. The van der Waals surface area contributed by atoms with Crippen LogP contribution in [0.2, 0.25) is 0 Å². The minimum Gasteiger partial charge on any atom is -0.367 e. The SMILES string of the molecule is CCn1ncc(C(=O)NC2CCC(Nc3ccccn3)CC2)n1. The fraction of sp³-hybridized carbons (Fsp3) is 0.500. The maximum absolute atomic E-state index is 12.2. The molecule has 0 atom stereocenters. The van der Waals surface area contributed by atoms with Gasteiger partial charge in [0.1, 0.15) is 5.82 Å². The Labute approximate surface area is 135 Å². The molecule has 0 bridgehead atoms. The maximum Gasteiger partial charge on any atom is 0.273 e. The minimum absolute atomic E-state index is 0.133. The van der Waals surface area contributed by atoms with E-state index in [9.17, 15) is 4.79 Å². The Hall–Kier alpha value is -2.44. The van der Waals surface area contributed by atoms with E-state index in [0.29, 0.717) is 18.3 Å². The highest BCUT2D eigenvalue weighted by Crippen LogP contribution is 2.21. The molecule has 7 nitrogen and oxygen atoms in total. The van der Waals surface area contributed by atoms with Crippen molar-refractivity contribution in [3.63, 3.8) is 0 Å². The molecule has 2 aromatic rings. The molecule has 1 saturated carbocycles. The third-order valence-electron chi connectivity index (χ3n) is 4.13. The van der Waals surface area contributed by atoms with E-state index in [0.717, 1.165) is 31.5 Å². The van der Waals surface area contributed by atoms with Gasteiger partial charge in [-0.2, -0.15) is 9.90 Å². The van der Waals surface area contributed by atoms with E-state index in [1.807, 2.05) is 25.1 Å². The van der Waals surface area contributed by atoms with Gasteiger partial charge in [0, 0.05) is 18.3 Å². The summed E-state index contributed by atoms with van der Waals surface area (Å²) in [5, 5.41) is 14.7. The first-order chi connectivity index (χ1) is 11.2. The largest absolute Gasteiger partial charge is 0.367 e. The molecule has 1 fully saturated rings. The number of aryl methyl sites for hydroxylation is 1. The lowest BCUT2D eigenvalue weighted by Gasteiger charge is -2.29. The number of anilines is 1. The fourth-order valence-electron chi connectivity index (χ4n) is 2.85. The first kappa shape index (κ1) is 15.5. The number of carbonyl (C=O) groups excluding carboxylic acids is 1. The van der Waals surface area contributed by atoms with E-state index in [2.05, 4.69) is 25.8 Å². The molecule has 2 aromatic heterocycles. The van der Waals surface area contributed by atoms with Gasteiger partial charge >= 0.3 is 0 Å². The summed E-state index contributed by atoms with van der Waals surface area (Å²) >= 11 is 0. The molecular formula is C16H22N6O. The molecule has 2 heterocycles. The van der Waals surface area contributed by atoms with Crippen LogP contribution in [0.25, 0.3) is 0 Å². The summed E-state index contributed by atoms with van der Waals surface area (Å²) in [7, 11) is 0. The Morgan fingerprint density at radius 2 is 2.04 bits per heavy atom. The van der Waals surface area contributed by atoms with Crippen LogP contribution in [0.15, 0.2) is 30.6 Å². The summed E-state index contributed by atoms with van der Waals surface area (Å²) in [6, 6.07) is 6.48. The fourth-order valence-corrected chi connectivity index (χ4v) is 2.85. The van der Waals surface area contributed by atoms with Crippen molar-refractivity contribution >= 4 is 11.7 Å². The standard InChI is InChI=1S/C16H22N6O/c1-2-22-18-11-14(21-22)16(23)20-13-8-6-12(7-9-13)19-15-5-3-4-10-17-15/h3-5,10-13H,2,6-9H2,1H3,(H,17,19)(H,20,23). The van der Waals surface area contributed by atoms with Crippen LogP contribution < -0.4 is 10.6 Å². The van der Waals surface area contributed by atoms with Crippen molar-refractivity contribution in [3.8, 4) is 0 Å². The van der Waals surface area contributed by atoms with E-state index in [1.165, 1.54) is 11.0 Å². The molecule has 122 valence electrons. The Morgan fingerprint density at radius 3 is 2.70 bits per heavy atom. The van der Waals surface area contributed by atoms with Crippen molar-refractivity contribution in [2.45, 2.75) is 51.2 Å². The number of amides is 1. The zero-order valence-corrected chi connectivity index (χ0v) is 13.3. The molecule has 3 rings (SSSR count). The van der Waals surface area contributed by atoms with Crippen molar-refractivity contribution in [3.05, 3.63) is 36.3 Å². The Balaban J connectivity index is 1.46. The lowest BCUT2D eigenvalue weighted by atomic mass is 9.91. The van der Waals surface area contributed by atoms with E-state index < -0.39 is 0 Å². The van der Waals surface area contributed by atoms with Crippen LogP contribution in [0, 0.1) is 0 Å². The molecule has 23 heavy (non-hydrogen) atoms. The first-order valence-corrected chi connectivity index (χ1v) is 8.13. The summed E-state index contributed by atoms with van der Waals surface area (Å²) in [6.07, 6.45) is 7.26. The van der Waals surface area contributed by atoms with Gasteiger partial charge < -0.3 is 10.6 Å². The van der Waals surface area contributed by atoms with Crippen molar-refractivity contribution in [2.75, 3.05) is 5.32 Å². The lowest BCUT2D eigenvalue weighted by Crippen LogP contribution is -2.40. The van der Waals surface area contributed by atoms with Crippen molar-refractivity contribution in [1.82, 2.24) is 25.3 Å². The Bertz CT molecular complexity index is 633. The maximum atomic E-state index is 12.2. The quantitative estimate of drug-likeness (QED) is 0.880. The van der Waals surface area contributed by atoms with Gasteiger partial charge in [-0.1, -0.05) is 6.07 Å². The van der Waals surface area contributed by atoms with Gasteiger partial charge in [0.2, 0.25) is 0 Å². The van der Waals surface area contributed by atoms with Gasteiger partial charge in [-0.05, 0) is 44.7 Å². The second kappa shape index (κ2) is 7.21. The van der Waals surface area contributed by atoms with Gasteiger partial charge in [-0.15, -0.1) is 5.10 Å². The number of aromatic nitrogens is 4. The average Bonchev–Trinajstić information content (AvgIpc) is 3.07. The number of carbonyl (C=O) groups is 1. The van der Waals surface area contributed by atoms with Crippen LogP contribution in [0.4, 0.5) is 5.82 Å². The molecule has 1 aliphatic rings. The third-order valence-corrected chi connectivity index (χ3v) is 4.13. The molecule has 0 radical (unpaired) electrons. The smallest absolute Gasteiger partial charge is 0.273 e. The highest BCUT2D eigenvalue weighted by Gasteiger charge is 2.23. The molecule has 1 aliphatic carbocycles. The number of hydrogen-bond donors (Lipinski definition) is 2. The summed E-state index contributed by atoms with van der Waals surface area (Å²) in [5.41, 5.74) is 0.389. The molecule has 1 amide bonds. The molecule has 0 aromatic carbocycles. The molecular weight excluding hydrogens is 292 g/mol. The van der Waals surface area contributed by atoms with E-state index >= 15 is 0 Å². The van der Waals surface area contributed by atoms with Crippen LogP contribution in [-0.4, -0.2) is 38.0 Å². The lowest BCUT2D eigenvalue weighted by molar-refractivity contribution is 0.0920. The predicted octanol–water partition coefficient (Wildman–Crippen LogP) is 1.85. The number of nitrogens with one attached hydrogen (secondary N) is 2. The third kappa shape index (κ3) is 4.06. The van der Waals surface area contributed by atoms with Gasteiger partial charge in [0.15, 0.2) is 5.69 Å².